The maximum atomic E-state index is 13.7. The molecule has 1 N–H and O–H groups in total. The van der Waals surface area contributed by atoms with E-state index >= 15 is 0 Å². The van der Waals surface area contributed by atoms with Crippen molar-refractivity contribution < 1.29 is 9.59 Å². The molecule has 1 aromatic carbocycles. The third kappa shape index (κ3) is 5.35. The third-order valence-corrected chi connectivity index (χ3v) is 6.93. The molecule has 33 heavy (non-hydrogen) atoms. The lowest BCUT2D eigenvalue weighted by Gasteiger charge is -2.43. The van der Waals surface area contributed by atoms with Gasteiger partial charge in [0, 0.05) is 43.0 Å². The van der Waals surface area contributed by atoms with Crippen LogP contribution in [0.4, 0.5) is 0 Å². The van der Waals surface area contributed by atoms with Gasteiger partial charge in [0.15, 0.2) is 0 Å². The molecule has 4 rings (SSSR count). The number of hydrogen-bond donors (Lipinski definition) is 1. The Balaban J connectivity index is 1.65. The predicted octanol–water partition coefficient (Wildman–Crippen LogP) is 4.78. The molecule has 0 unspecified atom stereocenters. The topological polar surface area (TPSA) is 62.3 Å². The Kier molecular flexibility index (Phi) is 7.26. The fourth-order valence-electron chi connectivity index (χ4n) is 5.26. The Bertz CT molecular complexity index is 1000. The van der Waals surface area contributed by atoms with Gasteiger partial charge >= 0.3 is 0 Å². The predicted molar refractivity (Wildman–Crippen MR) is 131 cm³/mol. The number of pyridine rings is 1. The van der Waals surface area contributed by atoms with Crippen molar-refractivity contribution >= 4 is 11.8 Å². The van der Waals surface area contributed by atoms with E-state index in [1.54, 1.807) is 6.20 Å². The van der Waals surface area contributed by atoms with Crippen LogP contribution in [0.25, 0.3) is 11.1 Å². The number of hydrogen-bond acceptors (Lipinski definition) is 3. The molecule has 2 aromatic rings. The molecule has 2 aliphatic rings. The van der Waals surface area contributed by atoms with Crippen LogP contribution < -0.4 is 5.32 Å². The second kappa shape index (κ2) is 10.3. The first-order valence-electron chi connectivity index (χ1n) is 12.2. The summed E-state index contributed by atoms with van der Waals surface area (Å²) in [6.45, 7) is 5.20. The third-order valence-electron chi connectivity index (χ3n) is 6.93. The highest BCUT2D eigenvalue weighted by molar-refractivity contribution is 5.86. The van der Waals surface area contributed by atoms with Crippen molar-refractivity contribution in [1.82, 2.24) is 15.2 Å². The summed E-state index contributed by atoms with van der Waals surface area (Å²) in [5.74, 6) is 0.308. The maximum absolute atomic E-state index is 13.7. The van der Waals surface area contributed by atoms with Gasteiger partial charge in [-0.1, -0.05) is 42.5 Å². The molecule has 1 aliphatic heterocycles. The fraction of sp³-hybridized carbons (Fsp3) is 0.464. The number of amides is 2. The molecule has 2 amide bonds. The summed E-state index contributed by atoms with van der Waals surface area (Å²) in [5, 5.41) is 3.17. The van der Waals surface area contributed by atoms with Gasteiger partial charge in [-0.25, -0.2) is 0 Å². The highest BCUT2D eigenvalue weighted by Gasteiger charge is 2.44. The van der Waals surface area contributed by atoms with Gasteiger partial charge in [0.05, 0.1) is 5.41 Å². The molecule has 0 spiro atoms. The average Bonchev–Trinajstić information content (AvgIpc) is 2.85. The molecule has 174 valence electrons. The first-order valence-corrected chi connectivity index (χ1v) is 12.2. The van der Waals surface area contributed by atoms with Crippen LogP contribution >= 0.6 is 0 Å². The molecule has 5 nitrogen and oxygen atoms in total. The van der Waals surface area contributed by atoms with E-state index in [2.05, 4.69) is 40.7 Å². The Labute approximate surface area is 197 Å². The van der Waals surface area contributed by atoms with E-state index in [0.29, 0.717) is 13.0 Å². The van der Waals surface area contributed by atoms with Gasteiger partial charge in [0.25, 0.3) is 0 Å². The lowest BCUT2D eigenvalue weighted by atomic mass is 9.72. The van der Waals surface area contributed by atoms with E-state index < -0.39 is 5.41 Å². The molecule has 1 aromatic heterocycles. The molecule has 1 aliphatic carbocycles. The summed E-state index contributed by atoms with van der Waals surface area (Å²) in [4.78, 5) is 33.3. The van der Waals surface area contributed by atoms with Crippen molar-refractivity contribution in [2.75, 3.05) is 13.1 Å². The summed E-state index contributed by atoms with van der Waals surface area (Å²) in [6, 6.07) is 12.3. The Morgan fingerprint density at radius 3 is 2.76 bits per heavy atom. The average molecular weight is 446 g/mol. The lowest BCUT2D eigenvalue weighted by molar-refractivity contribution is -0.144. The van der Waals surface area contributed by atoms with Crippen molar-refractivity contribution in [1.29, 1.82) is 0 Å². The number of benzene rings is 1. The highest BCUT2D eigenvalue weighted by atomic mass is 16.2. The number of carbonyl (C=O) groups is 2. The van der Waals surface area contributed by atoms with E-state index in [1.807, 2.05) is 43.1 Å². The van der Waals surface area contributed by atoms with E-state index in [-0.39, 0.29) is 23.8 Å². The summed E-state index contributed by atoms with van der Waals surface area (Å²) >= 11 is 0. The van der Waals surface area contributed by atoms with Crippen molar-refractivity contribution in [2.45, 2.75) is 58.4 Å². The van der Waals surface area contributed by atoms with Crippen LogP contribution in [0.1, 0.15) is 51.5 Å². The monoisotopic (exact) mass is 445 g/mol. The first-order chi connectivity index (χ1) is 16.0. The van der Waals surface area contributed by atoms with Gasteiger partial charge in [-0.3, -0.25) is 14.6 Å². The second-order valence-corrected chi connectivity index (χ2v) is 9.83. The zero-order valence-corrected chi connectivity index (χ0v) is 19.8. The molecule has 0 saturated carbocycles. The van der Waals surface area contributed by atoms with Gasteiger partial charge in [0.2, 0.25) is 11.8 Å². The van der Waals surface area contributed by atoms with Gasteiger partial charge in [0.1, 0.15) is 0 Å². The minimum Gasteiger partial charge on any atom is -0.353 e. The Morgan fingerprint density at radius 1 is 1.18 bits per heavy atom. The Morgan fingerprint density at radius 2 is 2.03 bits per heavy atom. The van der Waals surface area contributed by atoms with Crippen molar-refractivity contribution in [2.24, 2.45) is 11.3 Å². The Hall–Kier alpha value is -2.95. The number of aromatic nitrogens is 1. The smallest absolute Gasteiger partial charge is 0.228 e. The van der Waals surface area contributed by atoms with Gasteiger partial charge < -0.3 is 10.2 Å². The zero-order valence-electron chi connectivity index (χ0n) is 19.8. The quantitative estimate of drug-likeness (QED) is 0.651. The summed E-state index contributed by atoms with van der Waals surface area (Å²) in [6.07, 6.45) is 12.8. The molecule has 1 fully saturated rings. The SMILES string of the molecule is CC(C)NC(=O)[C@@]1(Cc2ccccc2-c2cccnc2)CCCN(C(=O)[C@@H]2CC=CCC2)C1. The molecule has 2 heterocycles. The van der Waals surface area contributed by atoms with E-state index in [0.717, 1.165) is 55.3 Å². The van der Waals surface area contributed by atoms with Crippen LogP contribution in [-0.4, -0.2) is 40.8 Å². The highest BCUT2D eigenvalue weighted by Crippen LogP contribution is 2.38. The molecule has 2 atom stereocenters. The normalized spacial score (nSPS) is 22.9. The number of carbonyl (C=O) groups excluding carboxylic acids is 2. The van der Waals surface area contributed by atoms with Gasteiger partial charge in [-0.05, 0) is 69.6 Å². The molecule has 0 radical (unpaired) electrons. The van der Waals surface area contributed by atoms with Gasteiger partial charge in [-0.2, -0.15) is 0 Å². The fourth-order valence-corrected chi connectivity index (χ4v) is 5.26. The largest absolute Gasteiger partial charge is 0.353 e. The standard InChI is InChI=1S/C28H35N3O2/c1-21(2)30-27(33)28(15-9-17-31(20-28)26(32)22-10-4-3-5-11-22)18-23-12-6-7-14-25(23)24-13-8-16-29-19-24/h3-4,6-8,12-14,16,19,21-22H,5,9-11,15,17-18,20H2,1-2H3,(H,30,33)/t22-,28-/m1/s1. The summed E-state index contributed by atoms with van der Waals surface area (Å²) in [5.41, 5.74) is 2.63. The lowest BCUT2D eigenvalue weighted by Crippen LogP contribution is -2.56. The van der Waals surface area contributed by atoms with Crippen LogP contribution in [-0.2, 0) is 16.0 Å². The summed E-state index contributed by atoms with van der Waals surface area (Å²) in [7, 11) is 0. The first kappa shape index (κ1) is 23.2. The molecular weight excluding hydrogens is 410 g/mol. The summed E-state index contributed by atoms with van der Waals surface area (Å²) < 4.78 is 0. The number of nitrogens with zero attached hydrogens (tertiary/aromatic N) is 2. The molecule has 0 bridgehead atoms. The van der Waals surface area contributed by atoms with Crippen LogP contribution in [0.15, 0.2) is 60.9 Å². The minimum atomic E-state index is -0.638. The van der Waals surface area contributed by atoms with E-state index in [9.17, 15) is 9.59 Å². The van der Waals surface area contributed by atoms with Gasteiger partial charge in [-0.15, -0.1) is 0 Å². The number of nitrogens with one attached hydrogen (secondary N) is 1. The van der Waals surface area contributed by atoms with E-state index in [1.165, 1.54) is 0 Å². The number of piperidine rings is 1. The van der Waals surface area contributed by atoms with Crippen LogP contribution in [0.3, 0.4) is 0 Å². The van der Waals surface area contributed by atoms with Crippen LogP contribution in [0.2, 0.25) is 0 Å². The molecular formula is C28H35N3O2. The van der Waals surface area contributed by atoms with Crippen molar-refractivity contribution in [3.05, 3.63) is 66.5 Å². The molecule has 5 heteroatoms. The van der Waals surface area contributed by atoms with Crippen LogP contribution in [0, 0.1) is 11.3 Å². The second-order valence-electron chi connectivity index (χ2n) is 9.83. The van der Waals surface area contributed by atoms with Crippen molar-refractivity contribution in [3.63, 3.8) is 0 Å². The number of allylic oxidation sites excluding steroid dienone is 2. The minimum absolute atomic E-state index is 0.0432. The number of rotatable bonds is 6. The maximum Gasteiger partial charge on any atom is 0.228 e. The zero-order chi connectivity index (χ0) is 23.3. The van der Waals surface area contributed by atoms with Crippen molar-refractivity contribution in [3.8, 4) is 11.1 Å². The van der Waals surface area contributed by atoms with E-state index in [4.69, 9.17) is 0 Å². The van der Waals surface area contributed by atoms with Crippen LogP contribution in [0.5, 0.6) is 0 Å². The number of likely N-dealkylation sites (tertiary alicyclic amines) is 1. The molecule has 1 saturated heterocycles.